The standard InChI is InChI=1S/C8H11N5O/c1-4(14)2-5-12-7(9)6-8(13-5)11-3-10-6/h3-4,14H,2H2,1H3,(H3,9,10,11,12,13)/t4-/m0/s1. The third-order valence-corrected chi connectivity index (χ3v) is 1.84. The molecule has 2 aromatic rings. The summed E-state index contributed by atoms with van der Waals surface area (Å²) in [5, 5.41) is 9.17. The number of hydrogen-bond acceptors (Lipinski definition) is 5. The highest BCUT2D eigenvalue weighted by Gasteiger charge is 2.08. The van der Waals surface area contributed by atoms with Crippen LogP contribution in [0.2, 0.25) is 0 Å². The number of nitrogen functional groups attached to an aromatic ring is 1. The molecular formula is C8H11N5O. The van der Waals surface area contributed by atoms with Gasteiger partial charge in [-0.05, 0) is 6.92 Å². The van der Waals surface area contributed by atoms with Gasteiger partial charge in [0, 0.05) is 6.42 Å². The van der Waals surface area contributed by atoms with Crippen molar-refractivity contribution in [2.75, 3.05) is 5.73 Å². The van der Waals surface area contributed by atoms with Gasteiger partial charge in [-0.1, -0.05) is 0 Å². The van der Waals surface area contributed by atoms with Crippen LogP contribution in [0.3, 0.4) is 0 Å². The Kier molecular flexibility index (Phi) is 2.05. The molecule has 2 rings (SSSR count). The summed E-state index contributed by atoms with van der Waals surface area (Å²) in [7, 11) is 0. The van der Waals surface area contributed by atoms with Crippen molar-refractivity contribution in [3.63, 3.8) is 0 Å². The summed E-state index contributed by atoms with van der Waals surface area (Å²) in [6, 6.07) is 0. The Morgan fingerprint density at radius 2 is 2.36 bits per heavy atom. The first-order valence-corrected chi connectivity index (χ1v) is 4.30. The van der Waals surface area contributed by atoms with E-state index in [1.54, 1.807) is 6.92 Å². The van der Waals surface area contributed by atoms with Crippen LogP contribution in [0.1, 0.15) is 12.7 Å². The molecule has 0 amide bonds. The summed E-state index contributed by atoms with van der Waals surface area (Å²) < 4.78 is 0. The number of rotatable bonds is 2. The van der Waals surface area contributed by atoms with Gasteiger partial charge < -0.3 is 15.8 Å². The molecule has 0 spiro atoms. The van der Waals surface area contributed by atoms with Crippen molar-refractivity contribution in [2.45, 2.75) is 19.4 Å². The Bertz CT molecular complexity index is 450. The van der Waals surface area contributed by atoms with E-state index in [-0.39, 0.29) is 0 Å². The van der Waals surface area contributed by atoms with E-state index < -0.39 is 6.10 Å². The number of aromatic amines is 1. The molecule has 0 aromatic carbocycles. The van der Waals surface area contributed by atoms with Crippen molar-refractivity contribution in [3.05, 3.63) is 12.2 Å². The maximum Gasteiger partial charge on any atom is 0.183 e. The highest BCUT2D eigenvalue weighted by atomic mass is 16.3. The zero-order valence-corrected chi connectivity index (χ0v) is 7.73. The largest absolute Gasteiger partial charge is 0.393 e. The fourth-order valence-electron chi connectivity index (χ4n) is 1.26. The highest BCUT2D eigenvalue weighted by molar-refractivity contribution is 5.80. The molecule has 14 heavy (non-hydrogen) atoms. The van der Waals surface area contributed by atoms with Gasteiger partial charge in [0.15, 0.2) is 11.5 Å². The number of aromatic nitrogens is 4. The molecule has 2 aromatic heterocycles. The Morgan fingerprint density at radius 3 is 3.07 bits per heavy atom. The molecule has 0 aliphatic rings. The van der Waals surface area contributed by atoms with Crippen molar-refractivity contribution in [1.82, 2.24) is 19.9 Å². The molecule has 0 saturated carbocycles. The van der Waals surface area contributed by atoms with E-state index in [4.69, 9.17) is 5.73 Å². The molecule has 0 radical (unpaired) electrons. The number of H-pyrrole nitrogens is 1. The lowest BCUT2D eigenvalue weighted by Crippen LogP contribution is -2.09. The number of nitrogens with one attached hydrogen (secondary N) is 1. The van der Waals surface area contributed by atoms with E-state index >= 15 is 0 Å². The molecule has 6 nitrogen and oxygen atoms in total. The number of anilines is 1. The maximum absolute atomic E-state index is 9.17. The van der Waals surface area contributed by atoms with Gasteiger partial charge >= 0.3 is 0 Å². The summed E-state index contributed by atoms with van der Waals surface area (Å²) in [5.74, 6) is 0.875. The van der Waals surface area contributed by atoms with Crippen LogP contribution in [-0.2, 0) is 6.42 Å². The fraction of sp³-hybridized carbons (Fsp3) is 0.375. The molecule has 74 valence electrons. The molecule has 0 fully saturated rings. The quantitative estimate of drug-likeness (QED) is 0.616. The van der Waals surface area contributed by atoms with E-state index in [2.05, 4.69) is 19.9 Å². The van der Waals surface area contributed by atoms with Gasteiger partial charge in [-0.2, -0.15) is 0 Å². The lowest BCUT2D eigenvalue weighted by atomic mass is 10.3. The predicted molar refractivity (Wildman–Crippen MR) is 51.5 cm³/mol. The van der Waals surface area contributed by atoms with Crippen molar-refractivity contribution in [3.8, 4) is 0 Å². The van der Waals surface area contributed by atoms with E-state index in [1.165, 1.54) is 6.33 Å². The van der Waals surface area contributed by atoms with E-state index in [0.717, 1.165) is 0 Å². The molecule has 6 heteroatoms. The highest BCUT2D eigenvalue weighted by Crippen LogP contribution is 2.13. The molecule has 0 aliphatic heterocycles. The first kappa shape index (κ1) is 8.89. The second-order valence-electron chi connectivity index (χ2n) is 3.18. The molecule has 0 bridgehead atoms. The maximum atomic E-state index is 9.17. The zero-order chi connectivity index (χ0) is 10.1. The van der Waals surface area contributed by atoms with Crippen molar-refractivity contribution in [2.24, 2.45) is 0 Å². The lowest BCUT2D eigenvalue weighted by molar-refractivity contribution is 0.193. The Labute approximate surface area is 80.2 Å². The molecule has 0 unspecified atom stereocenters. The van der Waals surface area contributed by atoms with E-state index in [0.29, 0.717) is 29.2 Å². The average Bonchev–Trinajstić information content (AvgIpc) is 2.50. The first-order valence-electron chi connectivity index (χ1n) is 4.30. The summed E-state index contributed by atoms with van der Waals surface area (Å²) in [5.41, 5.74) is 6.85. The van der Waals surface area contributed by atoms with Crippen LogP contribution in [0.5, 0.6) is 0 Å². The van der Waals surface area contributed by atoms with Gasteiger partial charge in [-0.25, -0.2) is 15.0 Å². The SMILES string of the molecule is C[C@H](O)Cc1nc(N)c2[nH]cnc2n1. The van der Waals surface area contributed by atoms with Gasteiger partial charge in [-0.3, -0.25) is 0 Å². The molecule has 2 heterocycles. The van der Waals surface area contributed by atoms with Gasteiger partial charge in [0.05, 0.1) is 12.4 Å². The average molecular weight is 193 g/mol. The van der Waals surface area contributed by atoms with Crippen molar-refractivity contribution < 1.29 is 5.11 Å². The number of hydrogen-bond donors (Lipinski definition) is 3. The third kappa shape index (κ3) is 1.51. The molecule has 4 N–H and O–H groups in total. The minimum absolute atomic E-state index is 0.364. The normalized spacial score (nSPS) is 13.3. The van der Waals surface area contributed by atoms with E-state index in [1.807, 2.05) is 0 Å². The number of aliphatic hydroxyl groups is 1. The van der Waals surface area contributed by atoms with Crippen LogP contribution in [0.15, 0.2) is 6.33 Å². The second kappa shape index (κ2) is 3.22. The number of nitrogens with zero attached hydrogens (tertiary/aromatic N) is 3. The van der Waals surface area contributed by atoms with Gasteiger partial charge in [0.1, 0.15) is 11.3 Å². The van der Waals surface area contributed by atoms with E-state index in [9.17, 15) is 5.11 Å². The van der Waals surface area contributed by atoms with Crippen LogP contribution in [0.25, 0.3) is 11.2 Å². The number of imidazole rings is 1. The first-order chi connectivity index (χ1) is 6.66. The van der Waals surface area contributed by atoms with Crippen LogP contribution in [0, 0.1) is 0 Å². The minimum atomic E-state index is -0.481. The Hall–Kier alpha value is -1.69. The van der Waals surface area contributed by atoms with Crippen LogP contribution < -0.4 is 5.73 Å². The van der Waals surface area contributed by atoms with Crippen molar-refractivity contribution >= 4 is 17.0 Å². The second-order valence-corrected chi connectivity index (χ2v) is 3.18. The number of nitrogens with two attached hydrogens (primary N) is 1. The summed E-state index contributed by atoms with van der Waals surface area (Å²) in [4.78, 5) is 15.0. The number of aliphatic hydroxyl groups excluding tert-OH is 1. The van der Waals surface area contributed by atoms with Crippen LogP contribution in [0.4, 0.5) is 5.82 Å². The third-order valence-electron chi connectivity index (χ3n) is 1.84. The Morgan fingerprint density at radius 1 is 1.57 bits per heavy atom. The van der Waals surface area contributed by atoms with Crippen LogP contribution in [-0.4, -0.2) is 31.1 Å². The monoisotopic (exact) mass is 193 g/mol. The van der Waals surface area contributed by atoms with Gasteiger partial charge in [-0.15, -0.1) is 0 Å². The zero-order valence-electron chi connectivity index (χ0n) is 7.73. The fourth-order valence-corrected chi connectivity index (χ4v) is 1.26. The Balaban J connectivity index is 2.47. The minimum Gasteiger partial charge on any atom is -0.393 e. The topological polar surface area (TPSA) is 101 Å². The predicted octanol–water partition coefficient (Wildman–Crippen LogP) is -0.142. The number of fused-ring (bicyclic) bond motifs is 1. The van der Waals surface area contributed by atoms with Crippen molar-refractivity contribution in [1.29, 1.82) is 0 Å². The molecule has 0 aliphatic carbocycles. The summed E-state index contributed by atoms with van der Waals surface area (Å²) in [6.07, 6.45) is 1.42. The van der Waals surface area contributed by atoms with Gasteiger partial charge in [0.25, 0.3) is 0 Å². The lowest BCUT2D eigenvalue weighted by Gasteiger charge is -2.03. The molecule has 0 saturated heterocycles. The summed E-state index contributed by atoms with van der Waals surface area (Å²) >= 11 is 0. The summed E-state index contributed by atoms with van der Waals surface area (Å²) in [6.45, 7) is 1.67. The molecule has 1 atom stereocenters. The molecular weight excluding hydrogens is 182 g/mol. The smallest absolute Gasteiger partial charge is 0.183 e. The van der Waals surface area contributed by atoms with Crippen LogP contribution >= 0.6 is 0 Å². The van der Waals surface area contributed by atoms with Gasteiger partial charge in [0.2, 0.25) is 0 Å².